The van der Waals surface area contributed by atoms with Crippen LogP contribution in [0.3, 0.4) is 0 Å². The lowest BCUT2D eigenvalue weighted by molar-refractivity contribution is -0.141. The van der Waals surface area contributed by atoms with Gasteiger partial charge in [0.2, 0.25) is 0 Å². The van der Waals surface area contributed by atoms with E-state index in [1.165, 1.54) is 19.2 Å². The van der Waals surface area contributed by atoms with E-state index in [2.05, 4.69) is 10.1 Å². The van der Waals surface area contributed by atoms with E-state index in [0.717, 1.165) is 6.07 Å². The number of hydrogen-bond donors (Lipinski definition) is 1. The van der Waals surface area contributed by atoms with Crippen molar-refractivity contribution in [1.29, 1.82) is 0 Å². The third kappa shape index (κ3) is 3.51. The number of nitrogens with one attached hydrogen (secondary N) is 1. The van der Waals surface area contributed by atoms with E-state index in [0.29, 0.717) is 0 Å². The van der Waals surface area contributed by atoms with Gasteiger partial charge in [-0.2, -0.15) is 0 Å². The Bertz CT molecular complexity index is 463. The van der Waals surface area contributed by atoms with Gasteiger partial charge in [-0.3, -0.25) is 9.59 Å². The minimum Gasteiger partial charge on any atom is -0.469 e. The second-order valence-electron chi connectivity index (χ2n) is 3.76. The molecule has 1 rings (SSSR count). The molecule has 0 saturated heterocycles. The van der Waals surface area contributed by atoms with Crippen LogP contribution in [0.4, 0.5) is 8.78 Å². The maximum absolute atomic E-state index is 13.3. The fourth-order valence-corrected chi connectivity index (χ4v) is 1.37. The SMILES string of the molecule is COC(=O)CC(C)NC(=O)c1cccc(F)c1F. The normalized spacial score (nSPS) is 11.8. The second-order valence-corrected chi connectivity index (χ2v) is 3.76. The number of carbonyl (C=O) groups is 2. The average Bonchev–Trinajstić information content (AvgIpc) is 2.32. The van der Waals surface area contributed by atoms with Crippen LogP contribution in [0.15, 0.2) is 18.2 Å². The Morgan fingerprint density at radius 1 is 1.39 bits per heavy atom. The number of benzene rings is 1. The number of halogens is 2. The summed E-state index contributed by atoms with van der Waals surface area (Å²) in [6.07, 6.45) is -0.0425. The van der Waals surface area contributed by atoms with Gasteiger partial charge in [0, 0.05) is 6.04 Å². The summed E-state index contributed by atoms with van der Waals surface area (Å²) in [5, 5.41) is 2.38. The molecule has 4 nitrogen and oxygen atoms in total. The molecular weight excluding hydrogens is 244 g/mol. The molecule has 0 aliphatic rings. The predicted octanol–water partition coefficient (Wildman–Crippen LogP) is 1.65. The molecule has 0 spiro atoms. The van der Waals surface area contributed by atoms with Gasteiger partial charge in [0.05, 0.1) is 19.1 Å². The number of hydrogen-bond acceptors (Lipinski definition) is 3. The lowest BCUT2D eigenvalue weighted by Gasteiger charge is -2.12. The van der Waals surface area contributed by atoms with Gasteiger partial charge in [0.15, 0.2) is 11.6 Å². The van der Waals surface area contributed by atoms with E-state index in [4.69, 9.17) is 0 Å². The molecule has 0 aliphatic heterocycles. The molecule has 0 bridgehead atoms. The summed E-state index contributed by atoms with van der Waals surface area (Å²) in [5.74, 6) is -3.57. The van der Waals surface area contributed by atoms with Crippen molar-refractivity contribution in [3.63, 3.8) is 0 Å². The zero-order chi connectivity index (χ0) is 13.7. The van der Waals surface area contributed by atoms with Gasteiger partial charge in [-0.25, -0.2) is 8.78 Å². The van der Waals surface area contributed by atoms with E-state index in [1.54, 1.807) is 6.92 Å². The Labute approximate surface area is 103 Å². The van der Waals surface area contributed by atoms with E-state index in [1.807, 2.05) is 0 Å². The van der Waals surface area contributed by atoms with Gasteiger partial charge in [-0.05, 0) is 19.1 Å². The molecule has 18 heavy (non-hydrogen) atoms. The molecule has 1 amide bonds. The molecule has 0 saturated carbocycles. The monoisotopic (exact) mass is 257 g/mol. The molecule has 6 heteroatoms. The van der Waals surface area contributed by atoms with Gasteiger partial charge >= 0.3 is 5.97 Å². The molecule has 0 aliphatic carbocycles. The van der Waals surface area contributed by atoms with Gasteiger partial charge in [0.25, 0.3) is 5.91 Å². The summed E-state index contributed by atoms with van der Waals surface area (Å²) >= 11 is 0. The third-order valence-corrected chi connectivity index (χ3v) is 2.27. The standard InChI is InChI=1S/C12H13F2NO3/c1-7(6-10(16)18-2)15-12(17)8-4-3-5-9(13)11(8)14/h3-5,7H,6H2,1-2H3,(H,15,17). The number of carbonyl (C=O) groups excluding carboxylic acids is 2. The van der Waals surface area contributed by atoms with Crippen LogP contribution in [-0.4, -0.2) is 25.0 Å². The zero-order valence-corrected chi connectivity index (χ0v) is 10.00. The minimum atomic E-state index is -1.21. The summed E-state index contributed by atoms with van der Waals surface area (Å²) in [5.41, 5.74) is -0.397. The Morgan fingerprint density at radius 2 is 2.06 bits per heavy atom. The molecule has 1 unspecified atom stereocenters. The molecule has 0 fully saturated rings. The van der Waals surface area contributed by atoms with Crippen molar-refractivity contribution < 1.29 is 23.1 Å². The van der Waals surface area contributed by atoms with Crippen LogP contribution in [0, 0.1) is 11.6 Å². The van der Waals surface area contributed by atoms with Crippen LogP contribution < -0.4 is 5.32 Å². The fraction of sp³-hybridized carbons (Fsp3) is 0.333. The molecule has 98 valence electrons. The largest absolute Gasteiger partial charge is 0.469 e. The van der Waals surface area contributed by atoms with Crippen LogP contribution in [0.2, 0.25) is 0 Å². The Morgan fingerprint density at radius 3 is 2.67 bits per heavy atom. The van der Waals surface area contributed by atoms with Gasteiger partial charge in [-0.1, -0.05) is 6.07 Å². The highest BCUT2D eigenvalue weighted by molar-refractivity contribution is 5.94. The first-order valence-electron chi connectivity index (χ1n) is 5.27. The van der Waals surface area contributed by atoms with E-state index < -0.39 is 35.1 Å². The highest BCUT2D eigenvalue weighted by Gasteiger charge is 2.18. The number of amides is 1. The Balaban J connectivity index is 2.71. The third-order valence-electron chi connectivity index (χ3n) is 2.27. The van der Waals surface area contributed by atoms with E-state index >= 15 is 0 Å². The summed E-state index contributed by atoms with van der Waals surface area (Å²) in [6, 6.07) is 2.79. The molecule has 0 radical (unpaired) electrons. The summed E-state index contributed by atoms with van der Waals surface area (Å²) in [4.78, 5) is 22.6. The maximum atomic E-state index is 13.3. The first-order valence-corrected chi connectivity index (χ1v) is 5.27. The smallest absolute Gasteiger partial charge is 0.307 e. The number of rotatable bonds is 4. The van der Waals surface area contributed by atoms with Gasteiger partial charge in [-0.15, -0.1) is 0 Å². The topological polar surface area (TPSA) is 55.4 Å². The lowest BCUT2D eigenvalue weighted by Crippen LogP contribution is -2.35. The summed E-state index contributed by atoms with van der Waals surface area (Å²) in [7, 11) is 1.23. The van der Waals surface area contributed by atoms with Crippen molar-refractivity contribution in [2.45, 2.75) is 19.4 Å². The maximum Gasteiger partial charge on any atom is 0.307 e. The molecule has 1 atom stereocenters. The number of methoxy groups -OCH3 is 1. The summed E-state index contributed by atoms with van der Waals surface area (Å²) < 4.78 is 30.6. The molecule has 0 heterocycles. The van der Waals surface area contributed by atoms with E-state index in [9.17, 15) is 18.4 Å². The van der Waals surface area contributed by atoms with Gasteiger partial charge < -0.3 is 10.1 Å². The first kappa shape index (κ1) is 14.1. The van der Waals surface area contributed by atoms with Crippen molar-refractivity contribution in [2.75, 3.05) is 7.11 Å². The minimum absolute atomic E-state index is 0.0425. The fourth-order valence-electron chi connectivity index (χ4n) is 1.37. The number of ether oxygens (including phenoxy) is 1. The van der Waals surface area contributed by atoms with Crippen LogP contribution in [0.5, 0.6) is 0 Å². The molecule has 1 aromatic rings. The van der Waals surface area contributed by atoms with Crippen molar-refractivity contribution in [3.05, 3.63) is 35.4 Å². The second kappa shape index (κ2) is 6.09. The summed E-state index contributed by atoms with van der Waals surface area (Å²) in [6.45, 7) is 1.56. The highest BCUT2D eigenvalue weighted by atomic mass is 19.2. The molecule has 0 aromatic heterocycles. The quantitative estimate of drug-likeness (QED) is 0.834. The van der Waals surface area contributed by atoms with Gasteiger partial charge in [0.1, 0.15) is 0 Å². The average molecular weight is 257 g/mol. The van der Waals surface area contributed by atoms with Crippen LogP contribution in [-0.2, 0) is 9.53 Å². The lowest BCUT2D eigenvalue weighted by atomic mass is 10.1. The first-order chi connectivity index (χ1) is 8.45. The van der Waals surface area contributed by atoms with E-state index in [-0.39, 0.29) is 6.42 Å². The highest BCUT2D eigenvalue weighted by Crippen LogP contribution is 2.11. The van der Waals surface area contributed by atoms with Crippen LogP contribution in [0.25, 0.3) is 0 Å². The van der Waals surface area contributed by atoms with Crippen LogP contribution >= 0.6 is 0 Å². The predicted molar refractivity (Wildman–Crippen MR) is 59.9 cm³/mol. The zero-order valence-electron chi connectivity index (χ0n) is 10.00. The molecule has 1 aromatic carbocycles. The van der Waals surface area contributed by atoms with Crippen molar-refractivity contribution in [2.24, 2.45) is 0 Å². The Hall–Kier alpha value is -1.98. The molecular formula is C12H13F2NO3. The van der Waals surface area contributed by atoms with Crippen LogP contribution in [0.1, 0.15) is 23.7 Å². The van der Waals surface area contributed by atoms with Crippen molar-refractivity contribution in [1.82, 2.24) is 5.32 Å². The number of esters is 1. The molecule has 1 N–H and O–H groups in total. The van der Waals surface area contributed by atoms with Crippen molar-refractivity contribution >= 4 is 11.9 Å². The Kier molecular flexibility index (Phi) is 4.76. The van der Waals surface area contributed by atoms with Crippen molar-refractivity contribution in [3.8, 4) is 0 Å².